The molecule has 0 aliphatic carbocycles. The molecule has 0 spiro atoms. The third kappa shape index (κ3) is 21.9. The zero-order valence-electron chi connectivity index (χ0n) is 17.5. The van der Waals surface area contributed by atoms with Crippen molar-refractivity contribution in [1.29, 1.82) is 0 Å². The zero-order valence-corrected chi connectivity index (χ0v) is 20.1. The van der Waals surface area contributed by atoms with E-state index >= 15 is 0 Å². The summed E-state index contributed by atoms with van der Waals surface area (Å²) in [4.78, 5) is 10.9. The highest BCUT2D eigenvalue weighted by atomic mass is 79.9. The van der Waals surface area contributed by atoms with E-state index < -0.39 is 6.69 Å². The number of hydrogen-bond acceptors (Lipinski definition) is 2. The van der Waals surface area contributed by atoms with Gasteiger partial charge < -0.3 is 4.74 Å². The van der Waals surface area contributed by atoms with Crippen LogP contribution in [0.15, 0.2) is 12.7 Å². The lowest BCUT2D eigenvalue weighted by molar-refractivity contribution is -0.137. The molecule has 0 aromatic carbocycles. The van der Waals surface area contributed by atoms with E-state index in [9.17, 15) is 4.79 Å². The van der Waals surface area contributed by atoms with Crippen LogP contribution < -0.4 is 0 Å². The standard InChI is InChI=1S/C22H43BrO2Si/c1-4-22(24)25-20-18-16-14-12-10-8-6-5-7-9-11-13-15-17-19-21-26(2,3)23/h4H,1,5-21H2,2-3H3. The third-order valence-electron chi connectivity index (χ3n) is 4.83. The molecule has 0 heterocycles. The maximum Gasteiger partial charge on any atom is 0.330 e. The monoisotopic (exact) mass is 446 g/mol. The summed E-state index contributed by atoms with van der Waals surface area (Å²) >= 11 is 3.85. The predicted molar refractivity (Wildman–Crippen MR) is 122 cm³/mol. The number of esters is 1. The minimum atomic E-state index is -0.980. The van der Waals surface area contributed by atoms with Crippen LogP contribution in [0.2, 0.25) is 19.1 Å². The molecular weight excluding hydrogens is 404 g/mol. The van der Waals surface area contributed by atoms with Gasteiger partial charge in [0.05, 0.1) is 6.61 Å². The van der Waals surface area contributed by atoms with Crippen molar-refractivity contribution in [2.75, 3.05) is 6.61 Å². The fourth-order valence-electron chi connectivity index (χ4n) is 3.18. The van der Waals surface area contributed by atoms with Crippen molar-refractivity contribution in [3.8, 4) is 0 Å². The summed E-state index contributed by atoms with van der Waals surface area (Å²) in [6, 6.07) is 1.43. The van der Waals surface area contributed by atoms with E-state index in [1.54, 1.807) is 0 Å². The average Bonchev–Trinajstić information content (AvgIpc) is 2.59. The topological polar surface area (TPSA) is 26.3 Å². The molecule has 0 aromatic rings. The Morgan fingerprint density at radius 2 is 1.12 bits per heavy atom. The van der Waals surface area contributed by atoms with Crippen LogP contribution in [-0.2, 0) is 9.53 Å². The Hall–Kier alpha value is -0.0931. The lowest BCUT2D eigenvalue weighted by Gasteiger charge is -2.12. The smallest absolute Gasteiger partial charge is 0.330 e. The number of ether oxygens (including phenoxy) is 1. The van der Waals surface area contributed by atoms with Crippen LogP contribution in [0.5, 0.6) is 0 Å². The van der Waals surface area contributed by atoms with E-state index in [1.807, 2.05) is 0 Å². The normalized spacial score (nSPS) is 11.5. The Balaban J connectivity index is 3.07. The molecule has 0 saturated carbocycles. The predicted octanol–water partition coefficient (Wildman–Crippen LogP) is 8.17. The van der Waals surface area contributed by atoms with Crippen molar-refractivity contribution in [2.24, 2.45) is 0 Å². The average molecular weight is 448 g/mol. The summed E-state index contributed by atoms with van der Waals surface area (Å²) < 4.78 is 4.97. The van der Waals surface area contributed by atoms with Gasteiger partial charge in [-0.1, -0.05) is 110 Å². The van der Waals surface area contributed by atoms with Crippen LogP contribution in [0.4, 0.5) is 0 Å². The first-order chi connectivity index (χ1) is 12.5. The lowest BCUT2D eigenvalue weighted by Crippen LogP contribution is -2.13. The molecule has 0 amide bonds. The Labute approximate surface area is 172 Å². The summed E-state index contributed by atoms with van der Waals surface area (Å²) in [7, 11) is 0. The number of carbonyl (C=O) groups excluding carboxylic acids is 1. The van der Waals surface area contributed by atoms with Crippen LogP contribution in [0, 0.1) is 0 Å². The SMILES string of the molecule is C=CC(=O)OCCCCCCCCCCCCCCCCC[Si](C)(C)Br. The summed E-state index contributed by atoms with van der Waals surface area (Å²) in [5, 5.41) is 0. The number of unbranched alkanes of at least 4 members (excludes halogenated alkanes) is 14. The van der Waals surface area contributed by atoms with E-state index in [4.69, 9.17) is 4.74 Å². The van der Waals surface area contributed by atoms with E-state index in [0.29, 0.717) is 6.61 Å². The van der Waals surface area contributed by atoms with E-state index in [1.165, 1.54) is 102 Å². The molecule has 2 nitrogen and oxygen atoms in total. The molecule has 0 aromatic heterocycles. The number of carbonyl (C=O) groups is 1. The van der Waals surface area contributed by atoms with Gasteiger partial charge in [0.1, 0.15) is 6.69 Å². The first-order valence-corrected chi connectivity index (χ1v) is 16.4. The van der Waals surface area contributed by atoms with Crippen LogP contribution in [0.3, 0.4) is 0 Å². The van der Waals surface area contributed by atoms with Gasteiger partial charge in [0.15, 0.2) is 0 Å². The van der Waals surface area contributed by atoms with E-state index in [-0.39, 0.29) is 5.97 Å². The van der Waals surface area contributed by atoms with Crippen LogP contribution in [0.1, 0.15) is 96.3 Å². The molecule has 4 heteroatoms. The zero-order chi connectivity index (χ0) is 19.5. The molecule has 0 saturated heterocycles. The van der Waals surface area contributed by atoms with Gasteiger partial charge in [0.2, 0.25) is 0 Å². The molecule has 0 unspecified atom stereocenters. The number of rotatable bonds is 19. The van der Waals surface area contributed by atoms with Crippen LogP contribution in [-0.4, -0.2) is 19.3 Å². The Kier molecular flexibility index (Phi) is 18.2. The van der Waals surface area contributed by atoms with Gasteiger partial charge in [-0.05, 0) is 12.5 Å². The quantitative estimate of drug-likeness (QED) is 0.0656. The summed E-state index contributed by atoms with van der Waals surface area (Å²) in [5.41, 5.74) is 0. The first-order valence-electron chi connectivity index (χ1n) is 10.9. The molecular formula is C22H43BrO2Si. The van der Waals surface area contributed by atoms with Crippen molar-refractivity contribution in [2.45, 2.75) is 115 Å². The van der Waals surface area contributed by atoms with Crippen molar-refractivity contribution in [3.63, 3.8) is 0 Å². The second-order valence-corrected chi connectivity index (χ2v) is 18.5. The summed E-state index contributed by atoms with van der Waals surface area (Å²) in [6.45, 7) is 7.75. The molecule has 0 N–H and O–H groups in total. The molecule has 0 radical (unpaired) electrons. The van der Waals surface area contributed by atoms with Gasteiger partial charge in [-0.2, -0.15) is 0 Å². The van der Waals surface area contributed by atoms with E-state index in [0.717, 1.165) is 6.42 Å². The van der Waals surface area contributed by atoms with Gasteiger partial charge in [-0.25, -0.2) is 4.79 Å². The third-order valence-corrected chi connectivity index (χ3v) is 7.56. The second-order valence-electron chi connectivity index (χ2n) is 8.14. The van der Waals surface area contributed by atoms with E-state index in [2.05, 4.69) is 35.0 Å². The minimum absolute atomic E-state index is 0.301. The molecule has 0 aliphatic rings. The molecule has 0 fully saturated rings. The van der Waals surface area contributed by atoms with Gasteiger partial charge >= 0.3 is 5.97 Å². The van der Waals surface area contributed by atoms with Crippen molar-refractivity contribution >= 4 is 28.0 Å². The van der Waals surface area contributed by atoms with Crippen LogP contribution in [0.25, 0.3) is 0 Å². The lowest BCUT2D eigenvalue weighted by atomic mass is 10.0. The molecule has 154 valence electrons. The molecule has 0 rings (SSSR count). The summed E-state index contributed by atoms with van der Waals surface area (Å²) in [5.74, 6) is -0.301. The minimum Gasteiger partial charge on any atom is -0.463 e. The molecule has 0 atom stereocenters. The molecule has 0 bridgehead atoms. The van der Waals surface area contributed by atoms with Gasteiger partial charge in [-0.3, -0.25) is 0 Å². The highest BCUT2D eigenvalue weighted by molar-refractivity contribution is 9.26. The van der Waals surface area contributed by atoms with Crippen molar-refractivity contribution < 1.29 is 9.53 Å². The first kappa shape index (κ1) is 25.9. The van der Waals surface area contributed by atoms with Crippen molar-refractivity contribution in [1.82, 2.24) is 0 Å². The highest BCUT2D eigenvalue weighted by Crippen LogP contribution is 2.21. The van der Waals surface area contributed by atoms with Gasteiger partial charge in [0, 0.05) is 6.08 Å². The Morgan fingerprint density at radius 1 is 0.769 bits per heavy atom. The number of halogens is 1. The Morgan fingerprint density at radius 3 is 1.46 bits per heavy atom. The number of hydrogen-bond donors (Lipinski definition) is 0. The second kappa shape index (κ2) is 18.3. The molecule has 26 heavy (non-hydrogen) atoms. The summed E-state index contributed by atoms with van der Waals surface area (Å²) in [6.07, 6.45) is 21.6. The maximum atomic E-state index is 10.9. The van der Waals surface area contributed by atoms with Gasteiger partial charge in [0.25, 0.3) is 0 Å². The largest absolute Gasteiger partial charge is 0.463 e. The van der Waals surface area contributed by atoms with Crippen LogP contribution >= 0.6 is 15.3 Å². The van der Waals surface area contributed by atoms with Gasteiger partial charge in [-0.15, -0.1) is 15.3 Å². The highest BCUT2D eigenvalue weighted by Gasteiger charge is 2.14. The Bertz CT molecular complexity index is 340. The van der Waals surface area contributed by atoms with Crippen molar-refractivity contribution in [3.05, 3.63) is 12.7 Å². The maximum absolute atomic E-state index is 10.9. The fraction of sp³-hybridized carbons (Fsp3) is 0.864. The molecule has 0 aliphatic heterocycles. The fourth-order valence-corrected chi connectivity index (χ4v) is 5.11.